The summed E-state index contributed by atoms with van der Waals surface area (Å²) in [6, 6.07) is 2.03. The number of hydrogen-bond acceptors (Lipinski definition) is 6. The van der Waals surface area contributed by atoms with Gasteiger partial charge in [-0.1, -0.05) is 0 Å². The van der Waals surface area contributed by atoms with E-state index in [1.807, 2.05) is 0 Å². The number of amides is 4. The predicted octanol–water partition coefficient (Wildman–Crippen LogP) is 0.0708. The number of imide groups is 1. The van der Waals surface area contributed by atoms with Gasteiger partial charge in [-0.15, -0.1) is 0 Å². The summed E-state index contributed by atoms with van der Waals surface area (Å²) in [7, 11) is 1.53. The number of hydrogen-bond donors (Lipinski definition) is 3. The summed E-state index contributed by atoms with van der Waals surface area (Å²) in [5.74, 6) is 0.974. The van der Waals surface area contributed by atoms with Crippen LogP contribution in [0.25, 0.3) is 0 Å². The molecule has 1 aromatic carbocycles. The highest BCUT2D eigenvalue weighted by Gasteiger charge is 2.26. The Hall–Kier alpha value is -2.97. The molecule has 9 heteroatoms. The van der Waals surface area contributed by atoms with E-state index in [1.165, 1.54) is 7.11 Å². The standard InChI is InChI=1S/C16H19N3O6/c1-23-11-7-13-12(24-4-5-25-13)6-9(11)8-17-15(21)10-2-3-14(20)19-16(22)18-10/h6-7,10H,2-5,8H2,1H3,(H,17,21)(H2,18,19,20,22)/t10-/m1/s1. The molecule has 2 aliphatic heterocycles. The molecule has 3 rings (SSSR count). The van der Waals surface area contributed by atoms with E-state index < -0.39 is 18.0 Å². The maximum Gasteiger partial charge on any atom is 0.322 e. The van der Waals surface area contributed by atoms with Gasteiger partial charge in [0.05, 0.1) is 7.11 Å². The first-order valence-corrected chi connectivity index (χ1v) is 7.91. The monoisotopic (exact) mass is 349 g/mol. The van der Waals surface area contributed by atoms with Crippen molar-refractivity contribution >= 4 is 17.8 Å². The van der Waals surface area contributed by atoms with Crippen LogP contribution in [-0.2, 0) is 16.1 Å². The van der Waals surface area contributed by atoms with Gasteiger partial charge in [-0.25, -0.2) is 4.79 Å². The number of ether oxygens (including phenoxy) is 3. The highest BCUT2D eigenvalue weighted by atomic mass is 16.6. The molecule has 1 aromatic rings. The van der Waals surface area contributed by atoms with Crippen LogP contribution >= 0.6 is 0 Å². The highest BCUT2D eigenvalue weighted by molar-refractivity contribution is 5.98. The van der Waals surface area contributed by atoms with Crippen molar-refractivity contribution in [2.24, 2.45) is 0 Å². The molecule has 0 saturated carbocycles. The summed E-state index contributed by atoms with van der Waals surface area (Å²) in [5, 5.41) is 7.34. The third-order valence-corrected chi connectivity index (χ3v) is 3.93. The van der Waals surface area contributed by atoms with E-state index in [1.54, 1.807) is 12.1 Å². The third kappa shape index (κ3) is 3.93. The number of urea groups is 1. The minimum Gasteiger partial charge on any atom is -0.496 e. The molecule has 1 saturated heterocycles. The number of fused-ring (bicyclic) bond motifs is 1. The largest absolute Gasteiger partial charge is 0.496 e. The van der Waals surface area contributed by atoms with Crippen LogP contribution in [0.3, 0.4) is 0 Å². The second-order valence-electron chi connectivity index (χ2n) is 5.64. The first kappa shape index (κ1) is 16.9. The summed E-state index contributed by atoms with van der Waals surface area (Å²) in [5.41, 5.74) is 0.717. The number of carbonyl (C=O) groups excluding carboxylic acids is 3. The van der Waals surface area contributed by atoms with Crippen molar-refractivity contribution in [3.63, 3.8) is 0 Å². The van der Waals surface area contributed by atoms with Gasteiger partial charge in [0.15, 0.2) is 11.5 Å². The molecule has 0 spiro atoms. The molecule has 0 aromatic heterocycles. The van der Waals surface area contributed by atoms with E-state index in [0.717, 1.165) is 0 Å². The van der Waals surface area contributed by atoms with E-state index >= 15 is 0 Å². The molecule has 9 nitrogen and oxygen atoms in total. The van der Waals surface area contributed by atoms with Crippen LogP contribution < -0.4 is 30.2 Å². The van der Waals surface area contributed by atoms with Gasteiger partial charge in [0.2, 0.25) is 11.8 Å². The minimum atomic E-state index is -0.769. The highest BCUT2D eigenvalue weighted by Crippen LogP contribution is 2.36. The Morgan fingerprint density at radius 1 is 1.28 bits per heavy atom. The van der Waals surface area contributed by atoms with Gasteiger partial charge < -0.3 is 24.8 Å². The number of rotatable bonds is 4. The Morgan fingerprint density at radius 3 is 2.72 bits per heavy atom. The Bertz CT molecular complexity index is 705. The molecule has 2 heterocycles. The van der Waals surface area contributed by atoms with E-state index in [-0.39, 0.29) is 25.3 Å². The molecule has 25 heavy (non-hydrogen) atoms. The molecule has 3 N–H and O–H groups in total. The zero-order valence-electron chi connectivity index (χ0n) is 13.7. The number of methoxy groups -OCH3 is 1. The van der Waals surface area contributed by atoms with E-state index in [0.29, 0.717) is 36.0 Å². The molecule has 1 atom stereocenters. The predicted molar refractivity (Wildman–Crippen MR) is 85.5 cm³/mol. The van der Waals surface area contributed by atoms with Crippen LogP contribution in [0.15, 0.2) is 12.1 Å². The minimum absolute atomic E-state index is 0.101. The summed E-state index contributed by atoms with van der Waals surface area (Å²) in [6.45, 7) is 1.12. The average Bonchev–Trinajstić information content (AvgIpc) is 2.78. The van der Waals surface area contributed by atoms with Crippen molar-refractivity contribution in [2.45, 2.75) is 25.4 Å². The van der Waals surface area contributed by atoms with Crippen molar-refractivity contribution in [1.82, 2.24) is 16.0 Å². The Labute approximate surface area is 144 Å². The van der Waals surface area contributed by atoms with Crippen LogP contribution in [0.1, 0.15) is 18.4 Å². The number of benzene rings is 1. The smallest absolute Gasteiger partial charge is 0.322 e. The molecule has 1 fully saturated rings. The van der Waals surface area contributed by atoms with Crippen molar-refractivity contribution in [1.29, 1.82) is 0 Å². The molecule has 0 radical (unpaired) electrons. The lowest BCUT2D eigenvalue weighted by Crippen LogP contribution is -2.48. The fourth-order valence-corrected chi connectivity index (χ4v) is 2.67. The van der Waals surface area contributed by atoms with Gasteiger partial charge in [-0.05, 0) is 12.5 Å². The average molecular weight is 349 g/mol. The van der Waals surface area contributed by atoms with E-state index in [9.17, 15) is 14.4 Å². The summed E-state index contributed by atoms with van der Waals surface area (Å²) < 4.78 is 16.4. The second kappa shape index (κ2) is 7.29. The summed E-state index contributed by atoms with van der Waals surface area (Å²) in [4.78, 5) is 35.1. The van der Waals surface area contributed by atoms with Gasteiger partial charge >= 0.3 is 6.03 Å². The van der Waals surface area contributed by atoms with Crippen LogP contribution in [0.2, 0.25) is 0 Å². The van der Waals surface area contributed by atoms with Crippen molar-refractivity contribution in [2.75, 3.05) is 20.3 Å². The molecule has 0 aliphatic carbocycles. The summed E-state index contributed by atoms with van der Waals surface area (Å²) >= 11 is 0. The maximum absolute atomic E-state index is 12.3. The van der Waals surface area contributed by atoms with Crippen LogP contribution in [0.4, 0.5) is 4.79 Å². The first-order valence-electron chi connectivity index (χ1n) is 7.91. The lowest BCUT2D eigenvalue weighted by molar-refractivity contribution is -0.123. The molecule has 2 aliphatic rings. The number of nitrogens with one attached hydrogen (secondary N) is 3. The van der Waals surface area contributed by atoms with Crippen LogP contribution in [0, 0.1) is 0 Å². The first-order chi connectivity index (χ1) is 12.1. The van der Waals surface area contributed by atoms with E-state index in [2.05, 4.69) is 16.0 Å². The molecular weight excluding hydrogens is 330 g/mol. The van der Waals surface area contributed by atoms with Crippen molar-refractivity contribution < 1.29 is 28.6 Å². The summed E-state index contributed by atoms with van der Waals surface area (Å²) in [6.07, 6.45) is 0.339. The van der Waals surface area contributed by atoms with Gasteiger partial charge in [-0.3, -0.25) is 14.9 Å². The Balaban J connectivity index is 1.67. The molecular formula is C16H19N3O6. The fraction of sp³-hybridized carbons (Fsp3) is 0.438. The molecule has 0 bridgehead atoms. The van der Waals surface area contributed by atoms with E-state index in [4.69, 9.17) is 14.2 Å². The lowest BCUT2D eigenvalue weighted by atomic mass is 10.1. The topological polar surface area (TPSA) is 115 Å². The third-order valence-electron chi connectivity index (χ3n) is 3.93. The number of carbonyl (C=O) groups is 3. The molecule has 134 valence electrons. The SMILES string of the molecule is COc1cc2c(cc1CNC(=O)[C@H]1CCC(=O)NC(=O)N1)OCCO2. The zero-order valence-corrected chi connectivity index (χ0v) is 13.7. The molecule has 4 amide bonds. The molecule has 0 unspecified atom stereocenters. The normalized spacial score (nSPS) is 19.3. The van der Waals surface area contributed by atoms with Crippen molar-refractivity contribution in [3.05, 3.63) is 17.7 Å². The van der Waals surface area contributed by atoms with Crippen LogP contribution in [0.5, 0.6) is 17.2 Å². The Morgan fingerprint density at radius 2 is 2.00 bits per heavy atom. The zero-order chi connectivity index (χ0) is 17.8. The van der Waals surface area contributed by atoms with Gasteiger partial charge in [0, 0.05) is 24.6 Å². The van der Waals surface area contributed by atoms with Gasteiger partial charge in [-0.2, -0.15) is 0 Å². The maximum atomic E-state index is 12.3. The fourth-order valence-electron chi connectivity index (χ4n) is 2.67. The van der Waals surface area contributed by atoms with Crippen LogP contribution in [-0.4, -0.2) is 44.2 Å². The van der Waals surface area contributed by atoms with Gasteiger partial charge in [0.1, 0.15) is 25.0 Å². The van der Waals surface area contributed by atoms with Crippen molar-refractivity contribution in [3.8, 4) is 17.2 Å². The quantitative estimate of drug-likeness (QED) is 0.709. The van der Waals surface area contributed by atoms with Gasteiger partial charge in [0.25, 0.3) is 0 Å². The lowest BCUT2D eigenvalue weighted by Gasteiger charge is -2.21. The second-order valence-corrected chi connectivity index (χ2v) is 5.64. The Kier molecular flexibility index (Phi) is 4.92.